The van der Waals surface area contributed by atoms with E-state index in [2.05, 4.69) is 56.2 Å². The first-order valence-corrected chi connectivity index (χ1v) is 9.44. The van der Waals surface area contributed by atoms with E-state index in [9.17, 15) is 0 Å². The highest BCUT2D eigenvalue weighted by Gasteiger charge is 2.22. The maximum Gasteiger partial charge on any atom is 0.232 e. The molecule has 2 aromatic rings. The summed E-state index contributed by atoms with van der Waals surface area (Å²) < 4.78 is 7.98. The van der Waals surface area contributed by atoms with Gasteiger partial charge in [-0.2, -0.15) is 4.98 Å². The summed E-state index contributed by atoms with van der Waals surface area (Å²) in [4.78, 5) is 17.6. The Hall–Kier alpha value is -1.70. The molecular formula is C16H25BrIN9O. The molecule has 0 unspecified atom stereocenters. The van der Waals surface area contributed by atoms with Crippen LogP contribution in [0.5, 0.6) is 5.88 Å². The molecule has 0 saturated carbocycles. The molecule has 0 aromatic carbocycles. The fourth-order valence-electron chi connectivity index (χ4n) is 2.85. The van der Waals surface area contributed by atoms with Crippen molar-refractivity contribution in [2.24, 2.45) is 12.0 Å². The van der Waals surface area contributed by atoms with E-state index in [0.717, 1.165) is 48.3 Å². The summed E-state index contributed by atoms with van der Waals surface area (Å²) in [5.74, 6) is 3.83. The number of aryl methyl sites for hydroxylation is 1. The largest absolute Gasteiger partial charge is 0.480 e. The zero-order chi connectivity index (χ0) is 19.4. The first-order valence-electron chi connectivity index (χ1n) is 8.65. The van der Waals surface area contributed by atoms with Crippen LogP contribution in [-0.2, 0) is 13.6 Å². The number of hydrogen-bond acceptors (Lipinski definition) is 7. The molecule has 1 saturated heterocycles. The van der Waals surface area contributed by atoms with Crippen LogP contribution in [0.25, 0.3) is 0 Å². The van der Waals surface area contributed by atoms with Gasteiger partial charge in [0.25, 0.3) is 0 Å². The molecular weight excluding hydrogens is 541 g/mol. The van der Waals surface area contributed by atoms with Crippen LogP contribution >= 0.6 is 39.9 Å². The van der Waals surface area contributed by atoms with Crippen molar-refractivity contribution < 1.29 is 4.74 Å². The van der Waals surface area contributed by atoms with Gasteiger partial charge in [0.15, 0.2) is 11.8 Å². The summed E-state index contributed by atoms with van der Waals surface area (Å²) in [5.41, 5.74) is 0. The third-order valence-electron chi connectivity index (χ3n) is 4.55. The topological polar surface area (TPSA) is 96.6 Å². The highest BCUT2D eigenvalue weighted by atomic mass is 127. The lowest BCUT2D eigenvalue weighted by molar-refractivity contribution is 0.365. The lowest BCUT2D eigenvalue weighted by Crippen LogP contribution is -2.52. The van der Waals surface area contributed by atoms with E-state index in [-0.39, 0.29) is 24.0 Å². The predicted molar refractivity (Wildman–Crippen MR) is 121 cm³/mol. The van der Waals surface area contributed by atoms with Gasteiger partial charge >= 0.3 is 0 Å². The Bertz CT molecular complexity index is 820. The molecule has 1 N–H and O–H groups in total. The number of aliphatic imine (C=N–C) groups is 1. The number of rotatable bonds is 4. The van der Waals surface area contributed by atoms with Crippen LogP contribution in [0, 0.1) is 6.92 Å². The molecule has 2 aromatic heterocycles. The van der Waals surface area contributed by atoms with Crippen LogP contribution in [0.3, 0.4) is 0 Å². The summed E-state index contributed by atoms with van der Waals surface area (Å²) in [6.07, 6.45) is 1.72. The number of anilines is 1. The quantitative estimate of drug-likeness (QED) is 0.336. The molecule has 1 aliphatic heterocycles. The van der Waals surface area contributed by atoms with Crippen molar-refractivity contribution in [2.75, 3.05) is 45.2 Å². The molecule has 1 fully saturated rings. The van der Waals surface area contributed by atoms with Crippen molar-refractivity contribution in [1.29, 1.82) is 0 Å². The molecule has 0 aliphatic carbocycles. The maximum absolute atomic E-state index is 5.26. The van der Waals surface area contributed by atoms with E-state index >= 15 is 0 Å². The molecule has 3 heterocycles. The van der Waals surface area contributed by atoms with Gasteiger partial charge in [-0.15, -0.1) is 34.2 Å². The molecule has 0 spiro atoms. The molecule has 0 radical (unpaired) electrons. The maximum atomic E-state index is 5.26. The fourth-order valence-corrected chi connectivity index (χ4v) is 3.20. The van der Waals surface area contributed by atoms with Gasteiger partial charge in [-0.1, -0.05) is 0 Å². The van der Waals surface area contributed by atoms with E-state index < -0.39 is 0 Å². The molecule has 1 aliphatic rings. The zero-order valence-electron chi connectivity index (χ0n) is 16.4. The molecule has 12 heteroatoms. The van der Waals surface area contributed by atoms with Gasteiger partial charge in [-0.3, -0.25) is 4.99 Å². The minimum atomic E-state index is 0. The first kappa shape index (κ1) is 22.6. The Kier molecular flexibility index (Phi) is 8.22. The van der Waals surface area contributed by atoms with Crippen LogP contribution in [0.15, 0.2) is 15.7 Å². The Morgan fingerprint density at radius 3 is 2.57 bits per heavy atom. The second kappa shape index (κ2) is 10.2. The molecule has 3 rings (SSSR count). The average Bonchev–Trinajstić information content (AvgIpc) is 3.01. The van der Waals surface area contributed by atoms with E-state index in [0.29, 0.717) is 18.4 Å². The van der Waals surface area contributed by atoms with Gasteiger partial charge in [0.1, 0.15) is 5.82 Å². The number of ether oxygens (including phenoxy) is 1. The molecule has 0 amide bonds. The SMILES string of the molecule is CN=C(NCc1nnc(C)n1C)N1CCN(c2ncc(Br)c(OC)n2)CC1.I. The fraction of sp³-hybridized carbons (Fsp3) is 0.562. The van der Waals surface area contributed by atoms with Crippen molar-refractivity contribution >= 4 is 51.8 Å². The lowest BCUT2D eigenvalue weighted by Gasteiger charge is -2.36. The smallest absolute Gasteiger partial charge is 0.232 e. The summed E-state index contributed by atoms with van der Waals surface area (Å²) in [5, 5.41) is 11.6. The minimum Gasteiger partial charge on any atom is -0.480 e. The van der Waals surface area contributed by atoms with Crippen LogP contribution < -0.4 is 15.0 Å². The van der Waals surface area contributed by atoms with Crippen LogP contribution in [-0.4, -0.2) is 75.9 Å². The highest BCUT2D eigenvalue weighted by molar-refractivity contribution is 14.0. The second-order valence-corrected chi connectivity index (χ2v) is 6.98. The summed E-state index contributed by atoms with van der Waals surface area (Å²) in [7, 11) is 5.35. The summed E-state index contributed by atoms with van der Waals surface area (Å²) in [6, 6.07) is 0. The number of nitrogens with zero attached hydrogens (tertiary/aromatic N) is 8. The van der Waals surface area contributed by atoms with Gasteiger partial charge in [0, 0.05) is 40.3 Å². The second-order valence-electron chi connectivity index (χ2n) is 6.12. The predicted octanol–water partition coefficient (Wildman–Crippen LogP) is 1.20. The van der Waals surface area contributed by atoms with Crippen molar-refractivity contribution in [3.05, 3.63) is 22.3 Å². The van der Waals surface area contributed by atoms with Crippen LogP contribution in [0.2, 0.25) is 0 Å². The number of nitrogens with one attached hydrogen (secondary N) is 1. The van der Waals surface area contributed by atoms with Crippen molar-refractivity contribution in [3.63, 3.8) is 0 Å². The number of aromatic nitrogens is 5. The third-order valence-corrected chi connectivity index (χ3v) is 5.10. The molecule has 28 heavy (non-hydrogen) atoms. The normalized spacial score (nSPS) is 14.7. The number of methoxy groups -OCH3 is 1. The molecule has 10 nitrogen and oxygen atoms in total. The Morgan fingerprint density at radius 1 is 1.29 bits per heavy atom. The molecule has 0 bridgehead atoms. The van der Waals surface area contributed by atoms with Gasteiger partial charge in [0.05, 0.1) is 24.3 Å². The van der Waals surface area contributed by atoms with Gasteiger partial charge in [-0.25, -0.2) is 4.98 Å². The van der Waals surface area contributed by atoms with E-state index in [1.807, 2.05) is 18.5 Å². The number of halogens is 2. The molecule has 0 atom stereocenters. The highest BCUT2D eigenvalue weighted by Crippen LogP contribution is 2.23. The first-order chi connectivity index (χ1) is 13.0. The van der Waals surface area contributed by atoms with Gasteiger partial charge in [-0.05, 0) is 22.9 Å². The Morgan fingerprint density at radius 2 is 2.00 bits per heavy atom. The zero-order valence-corrected chi connectivity index (χ0v) is 20.3. The Balaban J connectivity index is 0.00000280. The van der Waals surface area contributed by atoms with E-state index in [1.165, 1.54) is 0 Å². The number of piperazine rings is 1. The summed E-state index contributed by atoms with van der Waals surface area (Å²) in [6.45, 7) is 5.75. The van der Waals surface area contributed by atoms with E-state index in [4.69, 9.17) is 4.74 Å². The summed E-state index contributed by atoms with van der Waals surface area (Å²) >= 11 is 3.38. The molecule has 154 valence electrons. The van der Waals surface area contributed by atoms with Gasteiger partial charge < -0.3 is 24.4 Å². The van der Waals surface area contributed by atoms with Gasteiger partial charge in [0.2, 0.25) is 11.8 Å². The number of hydrogen-bond donors (Lipinski definition) is 1. The van der Waals surface area contributed by atoms with Crippen LogP contribution in [0.1, 0.15) is 11.6 Å². The van der Waals surface area contributed by atoms with Crippen LogP contribution in [0.4, 0.5) is 5.95 Å². The van der Waals surface area contributed by atoms with Crippen molar-refractivity contribution in [1.82, 2.24) is 34.9 Å². The average molecular weight is 566 g/mol. The van der Waals surface area contributed by atoms with Crippen molar-refractivity contribution in [2.45, 2.75) is 13.5 Å². The van der Waals surface area contributed by atoms with Crippen molar-refractivity contribution in [3.8, 4) is 5.88 Å². The van der Waals surface area contributed by atoms with E-state index in [1.54, 1.807) is 20.4 Å². The Labute approximate surface area is 189 Å². The lowest BCUT2D eigenvalue weighted by atomic mass is 10.3. The number of guanidine groups is 1. The minimum absolute atomic E-state index is 0. The third kappa shape index (κ3) is 5.01. The monoisotopic (exact) mass is 565 g/mol. The standard InChI is InChI=1S/C16H24BrN9O.HI/c1-11-22-23-13(24(11)3)10-20-15(18-2)25-5-7-26(8-6-25)16-19-9-12(17)14(21-16)27-4;/h9H,5-8,10H2,1-4H3,(H,18,20);1H.